The van der Waals surface area contributed by atoms with E-state index in [9.17, 15) is 9.18 Å². The number of ether oxygens (including phenoxy) is 1. The minimum absolute atomic E-state index is 0.00772. The third kappa shape index (κ3) is 4.70. The van der Waals surface area contributed by atoms with E-state index in [2.05, 4.69) is 10.6 Å². The summed E-state index contributed by atoms with van der Waals surface area (Å²) < 4.78 is 18.5. The van der Waals surface area contributed by atoms with Crippen LogP contribution in [0, 0.1) is 5.82 Å². The Balaban J connectivity index is 2.41. The number of methoxy groups -OCH3 is 1. The number of hydrogen-bond acceptors (Lipinski definition) is 3. The van der Waals surface area contributed by atoms with E-state index in [1.807, 2.05) is 13.0 Å². The summed E-state index contributed by atoms with van der Waals surface area (Å²) in [4.78, 5) is 12.8. The number of hydrogen-bond donors (Lipinski definition) is 2. The van der Waals surface area contributed by atoms with Crippen LogP contribution in [0.5, 0.6) is 5.75 Å². The Kier molecular flexibility index (Phi) is 6.24. The predicted octanol–water partition coefficient (Wildman–Crippen LogP) is 1.76. The summed E-state index contributed by atoms with van der Waals surface area (Å²) in [5, 5.41) is 5.97. The van der Waals surface area contributed by atoms with Crippen LogP contribution in [-0.4, -0.2) is 45.2 Å². The van der Waals surface area contributed by atoms with Crippen molar-refractivity contribution < 1.29 is 13.9 Å². The number of carbonyl (C=O) groups is 1. The van der Waals surface area contributed by atoms with E-state index in [1.54, 1.807) is 20.2 Å². The Hall–Kier alpha value is -1.82. The van der Waals surface area contributed by atoms with Crippen molar-refractivity contribution in [3.05, 3.63) is 29.6 Å². The second-order valence-electron chi connectivity index (χ2n) is 4.70. The van der Waals surface area contributed by atoms with Crippen molar-refractivity contribution >= 4 is 6.03 Å². The van der Waals surface area contributed by atoms with Crippen LogP contribution in [0.1, 0.15) is 18.5 Å². The Labute approximate surface area is 119 Å². The number of nitrogens with one attached hydrogen (secondary N) is 2. The first-order chi connectivity index (χ1) is 9.45. The highest BCUT2D eigenvalue weighted by molar-refractivity contribution is 5.73. The number of carbonyl (C=O) groups excluding carboxylic acids is 1. The normalized spacial score (nSPS) is 11.8. The molecule has 0 spiro atoms. The first kappa shape index (κ1) is 16.2. The monoisotopic (exact) mass is 283 g/mol. The molecule has 0 saturated carbocycles. The molecule has 0 heterocycles. The topological polar surface area (TPSA) is 53.6 Å². The minimum Gasteiger partial charge on any atom is -0.494 e. The molecule has 0 aliphatic rings. The molecular weight excluding hydrogens is 261 g/mol. The molecule has 6 heteroatoms. The summed E-state index contributed by atoms with van der Waals surface area (Å²) in [6.07, 6.45) is 0. The molecule has 0 aliphatic carbocycles. The Morgan fingerprint density at radius 2 is 2.10 bits per heavy atom. The van der Waals surface area contributed by atoms with Gasteiger partial charge in [0.2, 0.25) is 0 Å². The van der Waals surface area contributed by atoms with Crippen molar-refractivity contribution in [1.82, 2.24) is 15.5 Å². The van der Waals surface area contributed by atoms with E-state index >= 15 is 0 Å². The lowest BCUT2D eigenvalue weighted by atomic mass is 10.1. The van der Waals surface area contributed by atoms with E-state index in [-0.39, 0.29) is 23.6 Å². The summed E-state index contributed by atoms with van der Waals surface area (Å²) in [5.74, 6) is -0.140. The number of rotatable bonds is 6. The zero-order valence-corrected chi connectivity index (χ0v) is 12.4. The van der Waals surface area contributed by atoms with E-state index in [1.165, 1.54) is 18.1 Å². The maximum absolute atomic E-state index is 13.6. The van der Waals surface area contributed by atoms with E-state index in [4.69, 9.17) is 4.74 Å². The van der Waals surface area contributed by atoms with Gasteiger partial charge in [0, 0.05) is 33.2 Å². The minimum atomic E-state index is -0.375. The average molecular weight is 283 g/mol. The molecule has 0 aromatic heterocycles. The summed E-state index contributed by atoms with van der Waals surface area (Å²) in [5.41, 5.74) is 0.835. The van der Waals surface area contributed by atoms with Crippen molar-refractivity contribution in [3.8, 4) is 5.75 Å². The van der Waals surface area contributed by atoms with Gasteiger partial charge in [-0.25, -0.2) is 9.18 Å². The molecule has 1 aromatic rings. The lowest BCUT2D eigenvalue weighted by molar-refractivity contribution is 0.217. The van der Waals surface area contributed by atoms with Crippen LogP contribution in [0.15, 0.2) is 18.2 Å². The van der Waals surface area contributed by atoms with Gasteiger partial charge >= 0.3 is 6.03 Å². The molecule has 0 fully saturated rings. The average Bonchev–Trinajstić information content (AvgIpc) is 2.42. The lowest BCUT2D eigenvalue weighted by Gasteiger charge is -2.16. The summed E-state index contributed by atoms with van der Waals surface area (Å²) in [6.45, 7) is 3.06. The fourth-order valence-corrected chi connectivity index (χ4v) is 1.69. The molecule has 0 saturated heterocycles. The largest absolute Gasteiger partial charge is 0.494 e. The molecule has 0 radical (unpaired) electrons. The molecule has 5 nitrogen and oxygen atoms in total. The molecule has 2 N–H and O–H groups in total. The number of urea groups is 1. The van der Waals surface area contributed by atoms with Gasteiger partial charge in [-0.3, -0.25) is 0 Å². The quantitative estimate of drug-likeness (QED) is 0.782. The first-order valence-electron chi connectivity index (χ1n) is 6.47. The Bertz CT molecular complexity index is 452. The Morgan fingerprint density at radius 1 is 1.40 bits per heavy atom. The Morgan fingerprint density at radius 3 is 2.65 bits per heavy atom. The molecule has 0 aliphatic heterocycles. The summed E-state index contributed by atoms with van der Waals surface area (Å²) in [7, 11) is 4.81. The number of nitrogens with zero attached hydrogens (tertiary/aromatic N) is 1. The SMILES string of the molecule is COc1ccc(C(C)NCCNC(=O)N(C)C)cc1F. The van der Waals surface area contributed by atoms with Gasteiger partial charge in [0.25, 0.3) is 0 Å². The zero-order chi connectivity index (χ0) is 15.1. The standard InChI is InChI=1S/C14H22FN3O2/c1-10(16-7-8-17-14(19)18(2)3)11-5-6-13(20-4)12(15)9-11/h5-6,9-10,16H,7-8H2,1-4H3,(H,17,19). The van der Waals surface area contributed by atoms with E-state index in [0.717, 1.165) is 5.56 Å². The fraction of sp³-hybridized carbons (Fsp3) is 0.500. The predicted molar refractivity (Wildman–Crippen MR) is 76.5 cm³/mol. The van der Waals surface area contributed by atoms with Crippen molar-refractivity contribution in [1.29, 1.82) is 0 Å². The van der Waals surface area contributed by atoms with Gasteiger partial charge in [0.05, 0.1) is 7.11 Å². The maximum Gasteiger partial charge on any atom is 0.316 e. The highest BCUT2D eigenvalue weighted by Crippen LogP contribution is 2.21. The smallest absolute Gasteiger partial charge is 0.316 e. The second-order valence-corrected chi connectivity index (χ2v) is 4.70. The zero-order valence-electron chi connectivity index (χ0n) is 12.4. The molecule has 1 atom stereocenters. The molecule has 1 unspecified atom stereocenters. The van der Waals surface area contributed by atoms with Crippen molar-refractivity contribution in [3.63, 3.8) is 0 Å². The highest BCUT2D eigenvalue weighted by Gasteiger charge is 2.09. The second kappa shape index (κ2) is 7.69. The van der Waals surface area contributed by atoms with Gasteiger partial charge in [-0.15, -0.1) is 0 Å². The van der Waals surface area contributed by atoms with E-state index < -0.39 is 0 Å². The van der Waals surface area contributed by atoms with Gasteiger partial charge in [-0.2, -0.15) is 0 Å². The fourth-order valence-electron chi connectivity index (χ4n) is 1.69. The van der Waals surface area contributed by atoms with Crippen LogP contribution in [0.25, 0.3) is 0 Å². The van der Waals surface area contributed by atoms with Crippen molar-refractivity contribution in [2.24, 2.45) is 0 Å². The molecular formula is C14H22FN3O2. The number of benzene rings is 1. The van der Waals surface area contributed by atoms with Gasteiger partial charge in [0.15, 0.2) is 11.6 Å². The molecule has 2 amide bonds. The van der Waals surface area contributed by atoms with Crippen LogP contribution in [-0.2, 0) is 0 Å². The van der Waals surface area contributed by atoms with E-state index in [0.29, 0.717) is 13.1 Å². The van der Waals surface area contributed by atoms with Gasteiger partial charge < -0.3 is 20.3 Å². The van der Waals surface area contributed by atoms with Gasteiger partial charge in [-0.05, 0) is 24.6 Å². The number of amides is 2. The maximum atomic E-state index is 13.6. The first-order valence-corrected chi connectivity index (χ1v) is 6.47. The lowest BCUT2D eigenvalue weighted by Crippen LogP contribution is -2.38. The molecule has 0 bridgehead atoms. The summed E-state index contributed by atoms with van der Waals surface area (Å²) >= 11 is 0. The third-order valence-corrected chi connectivity index (χ3v) is 2.93. The summed E-state index contributed by atoms with van der Waals surface area (Å²) in [6, 6.07) is 4.74. The van der Waals surface area contributed by atoms with Crippen LogP contribution in [0.4, 0.5) is 9.18 Å². The van der Waals surface area contributed by atoms with Gasteiger partial charge in [-0.1, -0.05) is 6.07 Å². The molecule has 20 heavy (non-hydrogen) atoms. The van der Waals surface area contributed by atoms with Crippen LogP contribution < -0.4 is 15.4 Å². The highest BCUT2D eigenvalue weighted by atomic mass is 19.1. The van der Waals surface area contributed by atoms with Crippen LogP contribution >= 0.6 is 0 Å². The van der Waals surface area contributed by atoms with Crippen LogP contribution in [0.2, 0.25) is 0 Å². The molecule has 1 aromatic carbocycles. The van der Waals surface area contributed by atoms with Crippen LogP contribution in [0.3, 0.4) is 0 Å². The number of halogens is 1. The molecule has 1 rings (SSSR count). The molecule has 112 valence electrons. The third-order valence-electron chi connectivity index (χ3n) is 2.93. The van der Waals surface area contributed by atoms with Crippen molar-refractivity contribution in [2.75, 3.05) is 34.3 Å². The van der Waals surface area contributed by atoms with Crippen molar-refractivity contribution in [2.45, 2.75) is 13.0 Å². The van der Waals surface area contributed by atoms with Gasteiger partial charge in [0.1, 0.15) is 0 Å².